The highest BCUT2D eigenvalue weighted by Gasteiger charge is 2.14. The number of hydrogen-bond acceptors (Lipinski definition) is 4. The second kappa shape index (κ2) is 8.16. The van der Waals surface area contributed by atoms with E-state index in [4.69, 9.17) is 15.6 Å². The maximum Gasteiger partial charge on any atom is 0.320 e. The van der Waals surface area contributed by atoms with E-state index in [-0.39, 0.29) is 12.2 Å². The molecule has 0 radical (unpaired) electrons. The van der Waals surface area contributed by atoms with Crippen molar-refractivity contribution in [2.24, 2.45) is 5.73 Å². The van der Waals surface area contributed by atoms with E-state index in [1.54, 1.807) is 24.3 Å². The van der Waals surface area contributed by atoms with Crippen LogP contribution in [0.25, 0.3) is 0 Å². The Morgan fingerprint density at radius 1 is 1.26 bits per heavy atom. The number of carbonyl (C=O) groups is 1. The van der Waals surface area contributed by atoms with Crippen LogP contribution in [0.5, 0.6) is 17.2 Å². The van der Waals surface area contributed by atoms with Crippen LogP contribution in [0.15, 0.2) is 30.3 Å². The molecule has 122 valence electrons. The summed E-state index contributed by atoms with van der Waals surface area (Å²) in [6.07, 6.45) is 0.265. The molecule has 1 atom stereocenters. The molecule has 0 saturated carbocycles. The highest BCUT2D eigenvalue weighted by atomic mass is 127. The van der Waals surface area contributed by atoms with E-state index in [0.717, 1.165) is 9.13 Å². The Hall–Kier alpha value is -0.340. The molecule has 0 unspecified atom stereocenters. The Morgan fingerprint density at radius 3 is 2.52 bits per heavy atom. The summed E-state index contributed by atoms with van der Waals surface area (Å²) >= 11 is 6.23. The number of ether oxygens (including phenoxy) is 1. The van der Waals surface area contributed by atoms with Crippen molar-refractivity contribution in [1.82, 2.24) is 0 Å². The average Bonchev–Trinajstić information content (AvgIpc) is 2.47. The lowest BCUT2D eigenvalue weighted by atomic mass is 10.1. The van der Waals surface area contributed by atoms with Crippen molar-refractivity contribution >= 4 is 73.7 Å². The molecule has 2 aromatic carbocycles. The first-order valence-electron chi connectivity index (χ1n) is 6.40. The number of carboxylic acids is 1. The zero-order valence-electron chi connectivity index (χ0n) is 11.6. The Bertz CT molecular complexity index is 728. The summed E-state index contributed by atoms with van der Waals surface area (Å²) in [6, 6.07) is 8.03. The maximum atomic E-state index is 10.8. The number of benzene rings is 2. The van der Waals surface area contributed by atoms with Gasteiger partial charge in [-0.1, -0.05) is 6.07 Å². The predicted octanol–water partition coefficient (Wildman–Crippen LogP) is 3.95. The minimum atomic E-state index is -1.02. The minimum absolute atomic E-state index is 0.242. The predicted molar refractivity (Wildman–Crippen MR) is 112 cm³/mol. The zero-order valence-corrected chi connectivity index (χ0v) is 18.1. The first-order valence-corrected chi connectivity index (χ1v) is 9.64. The first-order chi connectivity index (χ1) is 10.8. The molecule has 5 nitrogen and oxygen atoms in total. The Labute approximate surface area is 174 Å². The van der Waals surface area contributed by atoms with Gasteiger partial charge in [0.25, 0.3) is 0 Å². The molecule has 0 saturated heterocycles. The number of carboxylic acid groups (broad SMARTS) is 1. The van der Waals surface area contributed by atoms with Crippen LogP contribution < -0.4 is 10.5 Å². The molecule has 0 fully saturated rings. The smallest absolute Gasteiger partial charge is 0.320 e. The first kappa shape index (κ1) is 19.0. The zero-order chi connectivity index (χ0) is 17.1. The van der Waals surface area contributed by atoms with Crippen LogP contribution in [0.2, 0.25) is 0 Å². The number of phenols is 1. The Balaban J connectivity index is 2.20. The number of hydrogen-bond donors (Lipinski definition) is 3. The van der Waals surface area contributed by atoms with Crippen LogP contribution in [-0.4, -0.2) is 22.2 Å². The quantitative estimate of drug-likeness (QED) is 0.428. The van der Waals surface area contributed by atoms with E-state index in [1.165, 1.54) is 0 Å². The van der Waals surface area contributed by atoms with Crippen molar-refractivity contribution in [3.8, 4) is 17.2 Å². The van der Waals surface area contributed by atoms with Gasteiger partial charge in [-0.25, -0.2) is 0 Å². The van der Waals surface area contributed by atoms with Gasteiger partial charge in [0.15, 0.2) is 0 Å². The van der Waals surface area contributed by atoms with Crippen molar-refractivity contribution in [2.75, 3.05) is 0 Å². The molecule has 0 amide bonds. The normalized spacial score (nSPS) is 12.0. The van der Waals surface area contributed by atoms with E-state index < -0.39 is 12.0 Å². The van der Waals surface area contributed by atoms with Crippen molar-refractivity contribution in [3.05, 3.63) is 46.6 Å². The fourth-order valence-electron chi connectivity index (χ4n) is 1.82. The van der Waals surface area contributed by atoms with Crippen molar-refractivity contribution < 1.29 is 19.7 Å². The number of aliphatic carboxylic acids is 1. The highest BCUT2D eigenvalue weighted by molar-refractivity contribution is 14.1. The number of halogens is 3. The van der Waals surface area contributed by atoms with Gasteiger partial charge < -0.3 is 20.7 Å². The molecule has 0 spiro atoms. The number of phenolic OH excluding ortho intramolecular Hbond substituents is 1. The van der Waals surface area contributed by atoms with Crippen LogP contribution in [0.3, 0.4) is 0 Å². The third-order valence-electron chi connectivity index (χ3n) is 2.99. The van der Waals surface area contributed by atoms with Gasteiger partial charge in [-0.15, -0.1) is 0 Å². The molecule has 2 aromatic rings. The van der Waals surface area contributed by atoms with E-state index in [9.17, 15) is 9.90 Å². The third kappa shape index (κ3) is 5.06. The fraction of sp³-hybridized carbons (Fsp3) is 0.133. The molecule has 0 aliphatic carbocycles. The number of aromatic hydroxyl groups is 1. The molecular formula is C15H12I3NO4. The fourth-order valence-corrected chi connectivity index (χ4v) is 4.22. The number of nitrogens with two attached hydrogens (primary N) is 1. The molecule has 0 aliphatic heterocycles. The Morgan fingerprint density at radius 2 is 1.96 bits per heavy atom. The van der Waals surface area contributed by atoms with Gasteiger partial charge >= 0.3 is 5.97 Å². The average molecular weight is 649 g/mol. The third-order valence-corrected chi connectivity index (χ3v) is 5.47. The summed E-state index contributed by atoms with van der Waals surface area (Å²) in [4.78, 5) is 10.8. The second-order valence-electron chi connectivity index (χ2n) is 4.75. The highest BCUT2D eigenvalue weighted by Crippen LogP contribution is 2.34. The van der Waals surface area contributed by atoms with Gasteiger partial charge in [0.2, 0.25) is 0 Å². The molecule has 0 aromatic heterocycles. The molecule has 0 heterocycles. The Kier molecular flexibility index (Phi) is 6.74. The van der Waals surface area contributed by atoms with Gasteiger partial charge in [-0.2, -0.15) is 0 Å². The van der Waals surface area contributed by atoms with Crippen molar-refractivity contribution in [3.63, 3.8) is 0 Å². The summed E-state index contributed by atoms with van der Waals surface area (Å²) in [5.74, 6) is 0.514. The SMILES string of the molecule is N[C@@H](Cc1ccc(Oc2cc(I)c(O)c([125I])c2)c(I)c1)C(=O)O. The lowest BCUT2D eigenvalue weighted by Gasteiger charge is -2.12. The van der Waals surface area contributed by atoms with Gasteiger partial charge in [0.05, 0.1) is 10.7 Å². The molecule has 2 rings (SSSR count). The monoisotopic (exact) mass is 649 g/mol. The van der Waals surface area contributed by atoms with Crippen LogP contribution in [0.1, 0.15) is 5.56 Å². The van der Waals surface area contributed by atoms with Gasteiger partial charge in [-0.05, 0) is 104 Å². The number of rotatable bonds is 5. The topological polar surface area (TPSA) is 92.8 Å². The second-order valence-corrected chi connectivity index (χ2v) is 8.24. The molecule has 8 heteroatoms. The van der Waals surface area contributed by atoms with E-state index >= 15 is 0 Å². The summed E-state index contributed by atoms with van der Waals surface area (Å²) in [6.45, 7) is 0. The van der Waals surface area contributed by atoms with Gasteiger partial charge in [0.1, 0.15) is 23.3 Å². The molecule has 4 N–H and O–H groups in total. The summed E-state index contributed by atoms with van der Waals surface area (Å²) in [5.41, 5.74) is 6.39. The van der Waals surface area contributed by atoms with Gasteiger partial charge in [-0.3, -0.25) is 4.79 Å². The van der Waals surface area contributed by atoms with Crippen LogP contribution in [-0.2, 0) is 11.2 Å². The maximum absolute atomic E-state index is 10.8. The van der Waals surface area contributed by atoms with Crippen molar-refractivity contribution in [1.29, 1.82) is 0 Å². The van der Waals surface area contributed by atoms with Crippen LogP contribution in [0, 0.1) is 10.7 Å². The summed E-state index contributed by atoms with van der Waals surface area (Å²) in [5, 5.41) is 18.6. The lowest BCUT2D eigenvalue weighted by Crippen LogP contribution is -2.32. The molecule has 0 aliphatic rings. The standard InChI is InChI=1S/C15H12I3NO4/c16-9-3-7(4-12(19)15(21)22)1-2-13(9)23-8-5-10(17)14(20)11(18)6-8/h1-3,5-6,12,20H,4,19H2,(H,21,22)/t12-/m0/s1/i17-2. The van der Waals surface area contributed by atoms with E-state index in [1.807, 2.05) is 51.2 Å². The van der Waals surface area contributed by atoms with E-state index in [2.05, 4.69) is 22.6 Å². The van der Waals surface area contributed by atoms with Gasteiger partial charge in [0, 0.05) is 0 Å². The van der Waals surface area contributed by atoms with E-state index in [0.29, 0.717) is 18.6 Å². The molecular weight excluding hydrogens is 637 g/mol. The molecule has 0 bridgehead atoms. The largest absolute Gasteiger partial charge is 0.506 e. The van der Waals surface area contributed by atoms with Crippen molar-refractivity contribution in [2.45, 2.75) is 12.5 Å². The minimum Gasteiger partial charge on any atom is -0.506 e. The summed E-state index contributed by atoms with van der Waals surface area (Å²) < 4.78 is 8.14. The summed E-state index contributed by atoms with van der Waals surface area (Å²) in [7, 11) is 0. The molecule has 23 heavy (non-hydrogen) atoms. The van der Waals surface area contributed by atoms with Crippen LogP contribution in [0.4, 0.5) is 0 Å². The van der Waals surface area contributed by atoms with Crippen LogP contribution >= 0.6 is 67.8 Å². The lowest BCUT2D eigenvalue weighted by molar-refractivity contribution is -0.138.